The minimum Gasteiger partial charge on any atom is -0.347 e. The second-order valence-electron chi connectivity index (χ2n) is 7.19. The van der Waals surface area contributed by atoms with Crippen molar-refractivity contribution in [3.63, 3.8) is 0 Å². The minimum atomic E-state index is -0.569. The van der Waals surface area contributed by atoms with Gasteiger partial charge in [0.2, 0.25) is 5.91 Å². The number of fused-ring (bicyclic) bond motifs is 1. The molecule has 1 N–H and O–H groups in total. The van der Waals surface area contributed by atoms with Crippen molar-refractivity contribution < 1.29 is 4.79 Å². The zero-order chi connectivity index (χ0) is 20.0. The molecule has 0 spiro atoms. The Hall–Kier alpha value is -2.87. The maximum absolute atomic E-state index is 12.8. The Bertz CT molecular complexity index is 1170. The van der Waals surface area contributed by atoms with E-state index in [-0.39, 0.29) is 24.0 Å². The summed E-state index contributed by atoms with van der Waals surface area (Å²) < 4.78 is 3.78. The number of halogens is 1. The number of rotatable bonds is 5. The van der Waals surface area contributed by atoms with Gasteiger partial charge in [-0.2, -0.15) is 0 Å². The Morgan fingerprint density at radius 1 is 1.25 bits per heavy atom. The maximum Gasteiger partial charge on any atom is 0.332 e. The molecule has 1 unspecified atom stereocenters. The predicted molar refractivity (Wildman–Crippen MR) is 105 cm³/mol. The highest BCUT2D eigenvalue weighted by Gasteiger charge is 2.33. The van der Waals surface area contributed by atoms with Crippen molar-refractivity contribution in [2.24, 2.45) is 20.0 Å². The first-order valence-corrected chi connectivity index (χ1v) is 9.40. The van der Waals surface area contributed by atoms with Crippen molar-refractivity contribution in [2.45, 2.75) is 25.4 Å². The summed E-state index contributed by atoms with van der Waals surface area (Å²) in [5.74, 6) is -0.0307. The summed E-state index contributed by atoms with van der Waals surface area (Å²) in [5.41, 5.74) is 0.448. The van der Waals surface area contributed by atoms with Gasteiger partial charge in [-0.05, 0) is 36.5 Å². The largest absolute Gasteiger partial charge is 0.347 e. The molecule has 1 aliphatic carbocycles. The monoisotopic (exact) mass is 401 g/mol. The molecule has 1 atom stereocenters. The zero-order valence-corrected chi connectivity index (χ0v) is 16.3. The second kappa shape index (κ2) is 6.94. The van der Waals surface area contributed by atoms with Crippen molar-refractivity contribution in [3.8, 4) is 0 Å². The summed E-state index contributed by atoms with van der Waals surface area (Å²) in [7, 11) is 3.21. The molecule has 28 heavy (non-hydrogen) atoms. The lowest BCUT2D eigenvalue weighted by atomic mass is 10.0. The molecule has 0 radical (unpaired) electrons. The first-order valence-electron chi connectivity index (χ1n) is 9.02. The number of amides is 1. The molecule has 3 aromatic rings. The third kappa shape index (κ3) is 3.24. The van der Waals surface area contributed by atoms with E-state index in [0.717, 1.165) is 23.0 Å². The number of aryl methyl sites for hydroxylation is 2. The van der Waals surface area contributed by atoms with E-state index in [2.05, 4.69) is 10.3 Å². The molecule has 0 saturated heterocycles. The molecular formula is C19H20ClN5O3. The minimum absolute atomic E-state index is 0.162. The van der Waals surface area contributed by atoms with Gasteiger partial charge in [0.15, 0.2) is 11.2 Å². The predicted octanol–water partition coefficient (Wildman–Crippen LogP) is 1.35. The molecule has 2 aromatic heterocycles. The highest BCUT2D eigenvalue weighted by atomic mass is 35.5. The lowest BCUT2D eigenvalue weighted by Crippen LogP contribution is -2.44. The molecule has 0 aliphatic heterocycles. The summed E-state index contributed by atoms with van der Waals surface area (Å²) in [5, 5.41) is 3.61. The Morgan fingerprint density at radius 3 is 2.57 bits per heavy atom. The van der Waals surface area contributed by atoms with E-state index in [4.69, 9.17) is 11.6 Å². The number of hydrogen-bond donors (Lipinski definition) is 1. The van der Waals surface area contributed by atoms with E-state index < -0.39 is 11.2 Å². The fourth-order valence-electron chi connectivity index (χ4n) is 3.47. The summed E-state index contributed by atoms with van der Waals surface area (Å²) in [6.07, 6.45) is 3.52. The summed E-state index contributed by atoms with van der Waals surface area (Å²) in [6.45, 7) is -0.344. The smallest absolute Gasteiger partial charge is 0.332 e. The van der Waals surface area contributed by atoms with E-state index in [1.807, 2.05) is 12.1 Å². The maximum atomic E-state index is 12.8. The number of carbonyl (C=O) groups is 1. The average Bonchev–Trinajstić information content (AvgIpc) is 3.44. The summed E-state index contributed by atoms with van der Waals surface area (Å²) in [4.78, 5) is 42.1. The van der Waals surface area contributed by atoms with Crippen molar-refractivity contribution >= 4 is 28.7 Å². The summed E-state index contributed by atoms with van der Waals surface area (Å²) in [6, 6.07) is 7.19. The van der Waals surface area contributed by atoms with E-state index in [9.17, 15) is 14.4 Å². The number of nitrogens with zero attached hydrogens (tertiary/aromatic N) is 4. The highest BCUT2D eigenvalue weighted by molar-refractivity contribution is 6.30. The third-order valence-corrected chi connectivity index (χ3v) is 5.39. The Labute approximate surface area is 165 Å². The van der Waals surface area contributed by atoms with Crippen LogP contribution in [0, 0.1) is 5.92 Å². The molecule has 2 heterocycles. The number of hydrogen-bond acceptors (Lipinski definition) is 4. The fourth-order valence-corrected chi connectivity index (χ4v) is 3.60. The van der Waals surface area contributed by atoms with Crippen LogP contribution in [0.3, 0.4) is 0 Å². The quantitative estimate of drug-likeness (QED) is 0.698. The first-order chi connectivity index (χ1) is 13.4. The number of aromatic nitrogens is 4. The van der Waals surface area contributed by atoms with Crippen LogP contribution in [0.25, 0.3) is 11.2 Å². The third-order valence-electron chi connectivity index (χ3n) is 5.14. The molecule has 146 valence electrons. The zero-order valence-electron chi connectivity index (χ0n) is 15.6. The van der Waals surface area contributed by atoms with E-state index in [0.29, 0.717) is 16.6 Å². The van der Waals surface area contributed by atoms with Crippen molar-refractivity contribution in [1.29, 1.82) is 0 Å². The van der Waals surface area contributed by atoms with Gasteiger partial charge in [0.25, 0.3) is 5.56 Å². The van der Waals surface area contributed by atoms with Crippen LogP contribution in [-0.4, -0.2) is 24.6 Å². The SMILES string of the molecule is Cn1cnc2c1c(=O)n(CC(=O)NC(c1ccc(Cl)cc1)C1CC1)c(=O)n2C. The Morgan fingerprint density at radius 2 is 1.93 bits per heavy atom. The molecule has 1 aromatic carbocycles. The van der Waals surface area contributed by atoms with Crippen LogP contribution in [0.2, 0.25) is 5.02 Å². The van der Waals surface area contributed by atoms with Gasteiger partial charge < -0.3 is 9.88 Å². The van der Waals surface area contributed by atoms with Crippen LogP contribution in [0.5, 0.6) is 0 Å². The molecular weight excluding hydrogens is 382 g/mol. The highest BCUT2D eigenvalue weighted by Crippen LogP contribution is 2.41. The lowest BCUT2D eigenvalue weighted by Gasteiger charge is -2.19. The van der Waals surface area contributed by atoms with Crippen LogP contribution in [0.4, 0.5) is 0 Å². The molecule has 8 nitrogen and oxygen atoms in total. The van der Waals surface area contributed by atoms with Crippen LogP contribution in [0.15, 0.2) is 40.2 Å². The number of nitrogens with one attached hydrogen (secondary N) is 1. The van der Waals surface area contributed by atoms with Crippen LogP contribution in [0.1, 0.15) is 24.4 Å². The molecule has 0 bridgehead atoms. The average molecular weight is 402 g/mol. The van der Waals surface area contributed by atoms with Crippen LogP contribution in [-0.2, 0) is 25.4 Å². The van der Waals surface area contributed by atoms with Gasteiger partial charge in [-0.3, -0.25) is 14.2 Å². The van der Waals surface area contributed by atoms with E-state index in [1.54, 1.807) is 23.7 Å². The number of carbonyl (C=O) groups excluding carboxylic acids is 1. The number of imidazole rings is 1. The van der Waals surface area contributed by atoms with Crippen LogP contribution >= 0.6 is 11.6 Å². The normalized spacial score (nSPS) is 15.0. The molecule has 1 aliphatic rings. The van der Waals surface area contributed by atoms with Gasteiger partial charge >= 0.3 is 5.69 Å². The van der Waals surface area contributed by atoms with E-state index in [1.165, 1.54) is 17.9 Å². The molecule has 1 saturated carbocycles. The topological polar surface area (TPSA) is 90.9 Å². The van der Waals surface area contributed by atoms with Crippen molar-refractivity contribution in [2.75, 3.05) is 0 Å². The van der Waals surface area contributed by atoms with Gasteiger partial charge in [0, 0.05) is 19.1 Å². The van der Waals surface area contributed by atoms with Gasteiger partial charge in [-0.25, -0.2) is 14.3 Å². The van der Waals surface area contributed by atoms with Gasteiger partial charge in [0.1, 0.15) is 6.54 Å². The van der Waals surface area contributed by atoms with Gasteiger partial charge in [-0.15, -0.1) is 0 Å². The first kappa shape index (κ1) is 18.5. The number of benzene rings is 1. The second-order valence-corrected chi connectivity index (χ2v) is 7.63. The van der Waals surface area contributed by atoms with Crippen molar-refractivity contribution in [1.82, 2.24) is 24.0 Å². The van der Waals surface area contributed by atoms with E-state index >= 15 is 0 Å². The molecule has 4 rings (SSSR count). The Kier molecular flexibility index (Phi) is 4.58. The van der Waals surface area contributed by atoms with Crippen molar-refractivity contribution in [3.05, 3.63) is 62.0 Å². The molecule has 1 fully saturated rings. The van der Waals surface area contributed by atoms with Crippen LogP contribution < -0.4 is 16.6 Å². The molecule has 9 heteroatoms. The summed E-state index contributed by atoms with van der Waals surface area (Å²) >= 11 is 5.96. The standard InChI is InChI=1S/C19H20ClN5O3/c1-23-10-21-17-16(23)18(27)25(19(28)24(17)2)9-14(26)22-15(11-3-4-11)12-5-7-13(20)8-6-12/h5-8,10-11,15H,3-4,9H2,1-2H3,(H,22,26). The van der Waals surface area contributed by atoms with Gasteiger partial charge in [-0.1, -0.05) is 23.7 Å². The van der Waals surface area contributed by atoms with Gasteiger partial charge in [0.05, 0.1) is 12.4 Å². The molecule has 1 amide bonds. The lowest BCUT2D eigenvalue weighted by molar-refractivity contribution is -0.122. The Balaban J connectivity index is 1.63. The fraction of sp³-hybridized carbons (Fsp3) is 0.368.